The molecular weight excluding hydrogens is 379 g/mol. The van der Waals surface area contributed by atoms with Crippen LogP contribution in [0.2, 0.25) is 0 Å². The number of carbonyl (C=O) groups excluding carboxylic acids is 2. The molecule has 0 fully saturated rings. The van der Waals surface area contributed by atoms with Crippen LogP contribution in [-0.2, 0) is 14.3 Å². The highest BCUT2D eigenvalue weighted by Crippen LogP contribution is 2.23. The number of aliphatic imine (C=N–C) groups is 1. The molecule has 8 nitrogen and oxygen atoms in total. The molecule has 0 bridgehead atoms. The van der Waals surface area contributed by atoms with Gasteiger partial charge in [-0.1, -0.05) is 6.08 Å². The van der Waals surface area contributed by atoms with E-state index < -0.39 is 24.3 Å². The molecule has 0 unspecified atom stereocenters. The van der Waals surface area contributed by atoms with Gasteiger partial charge in [0.25, 0.3) is 12.4 Å². The Bertz CT molecular complexity index is 688. The fourth-order valence-corrected chi connectivity index (χ4v) is 2.05. The minimum atomic E-state index is -3.17. The van der Waals surface area contributed by atoms with Gasteiger partial charge in [-0.25, -0.2) is 14.8 Å². The van der Waals surface area contributed by atoms with Gasteiger partial charge in [-0.2, -0.15) is 8.78 Å². The Balaban J connectivity index is 2.69. The van der Waals surface area contributed by atoms with Crippen LogP contribution in [0.4, 0.5) is 24.5 Å². The number of halogens is 3. The van der Waals surface area contributed by atoms with Crippen LogP contribution in [0.1, 0.15) is 0 Å². The first-order valence-corrected chi connectivity index (χ1v) is 8.16. The van der Waals surface area contributed by atoms with Crippen molar-refractivity contribution in [3.05, 3.63) is 36.7 Å². The summed E-state index contributed by atoms with van der Waals surface area (Å²) < 4.78 is 43.4. The number of amides is 1. The van der Waals surface area contributed by atoms with Gasteiger partial charge < -0.3 is 20.4 Å². The lowest BCUT2D eigenvalue weighted by atomic mass is 10.2. The van der Waals surface area contributed by atoms with Gasteiger partial charge in [-0.3, -0.25) is 9.59 Å². The maximum absolute atomic E-state index is 14.2. The zero-order valence-corrected chi connectivity index (χ0v) is 15.2. The lowest BCUT2D eigenvalue weighted by Crippen LogP contribution is -2.42. The Morgan fingerprint density at radius 1 is 1.43 bits per heavy atom. The van der Waals surface area contributed by atoms with E-state index in [1.165, 1.54) is 18.5 Å². The van der Waals surface area contributed by atoms with Crippen LogP contribution in [0.3, 0.4) is 0 Å². The molecule has 0 saturated heterocycles. The van der Waals surface area contributed by atoms with Crippen LogP contribution >= 0.6 is 0 Å². The second-order valence-electron chi connectivity index (χ2n) is 5.49. The Morgan fingerprint density at radius 3 is 2.79 bits per heavy atom. The van der Waals surface area contributed by atoms with Crippen LogP contribution in [-0.4, -0.2) is 57.9 Å². The van der Waals surface area contributed by atoms with Crippen molar-refractivity contribution < 1.29 is 27.5 Å². The Hall–Kier alpha value is -3.08. The number of hydrogen-bond acceptors (Lipinski definition) is 6. The molecule has 0 spiro atoms. The maximum atomic E-state index is 14.2. The molecular formula is C17H22F3N5O3. The van der Waals surface area contributed by atoms with Crippen molar-refractivity contribution in [3.8, 4) is 0 Å². The lowest BCUT2D eigenvalue weighted by Gasteiger charge is -2.25. The highest BCUT2D eigenvalue weighted by Gasteiger charge is 2.19. The van der Waals surface area contributed by atoms with Crippen LogP contribution in [0, 0.1) is 5.82 Å². The molecule has 28 heavy (non-hydrogen) atoms. The average molecular weight is 401 g/mol. The number of ether oxygens (including phenoxy) is 1. The first kappa shape index (κ1) is 23.0. The standard InChI is InChI=1S/C17H22F3N5O3/c1-3-6-23-24-10-22-15-5-4-12(7-14(15)18)25(2)9-13(28-11-26)8-21-17(27)16(19)20/h3-5,7,10-11,13,16,23H,1,6,8-9H2,2H3,(H,21,27)(H,22,24)/t13-/m0/s1. The van der Waals surface area contributed by atoms with Crippen molar-refractivity contribution in [3.63, 3.8) is 0 Å². The van der Waals surface area contributed by atoms with Crippen molar-refractivity contribution in [2.45, 2.75) is 12.5 Å². The summed E-state index contributed by atoms with van der Waals surface area (Å²) in [5.41, 5.74) is 5.92. The van der Waals surface area contributed by atoms with Crippen molar-refractivity contribution >= 4 is 30.1 Å². The highest BCUT2D eigenvalue weighted by molar-refractivity contribution is 5.79. The number of hydrogen-bond donors (Lipinski definition) is 3. The van der Waals surface area contributed by atoms with E-state index in [9.17, 15) is 22.8 Å². The van der Waals surface area contributed by atoms with Crippen LogP contribution < -0.4 is 21.1 Å². The topological polar surface area (TPSA) is 95.1 Å². The maximum Gasteiger partial charge on any atom is 0.315 e. The van der Waals surface area contributed by atoms with E-state index in [0.717, 1.165) is 0 Å². The second-order valence-corrected chi connectivity index (χ2v) is 5.49. The first-order chi connectivity index (χ1) is 13.4. The van der Waals surface area contributed by atoms with Gasteiger partial charge in [0.15, 0.2) is 5.82 Å². The van der Waals surface area contributed by atoms with E-state index in [4.69, 9.17) is 4.74 Å². The summed E-state index contributed by atoms with van der Waals surface area (Å²) >= 11 is 0. The van der Waals surface area contributed by atoms with E-state index in [1.807, 2.05) is 5.32 Å². The van der Waals surface area contributed by atoms with Gasteiger partial charge in [0.2, 0.25) is 0 Å². The molecule has 1 rings (SSSR count). The van der Waals surface area contributed by atoms with Crippen molar-refractivity contribution in [1.29, 1.82) is 0 Å². The number of nitrogens with zero attached hydrogens (tertiary/aromatic N) is 2. The van der Waals surface area contributed by atoms with E-state index >= 15 is 0 Å². The molecule has 1 aromatic carbocycles. The molecule has 154 valence electrons. The number of nitrogens with one attached hydrogen (secondary N) is 3. The summed E-state index contributed by atoms with van der Waals surface area (Å²) in [4.78, 5) is 27.0. The van der Waals surface area contributed by atoms with Gasteiger partial charge in [0, 0.05) is 19.3 Å². The lowest BCUT2D eigenvalue weighted by molar-refractivity contribution is -0.136. The molecule has 0 saturated carbocycles. The molecule has 3 N–H and O–H groups in total. The Kier molecular flexibility index (Phi) is 10.1. The summed E-state index contributed by atoms with van der Waals surface area (Å²) in [7, 11) is 1.59. The molecule has 11 heteroatoms. The molecule has 0 aromatic heterocycles. The van der Waals surface area contributed by atoms with Gasteiger partial charge in [0.05, 0.1) is 13.1 Å². The van der Waals surface area contributed by atoms with E-state index in [1.54, 1.807) is 24.1 Å². The van der Waals surface area contributed by atoms with E-state index in [2.05, 4.69) is 22.4 Å². The summed E-state index contributed by atoms with van der Waals surface area (Å²) in [5.74, 6) is -2.06. The molecule has 1 aromatic rings. The normalized spacial score (nSPS) is 11.9. The number of rotatable bonds is 13. The second kappa shape index (κ2) is 12.3. The molecule has 0 radical (unpaired) electrons. The largest absolute Gasteiger partial charge is 0.461 e. The zero-order valence-electron chi connectivity index (χ0n) is 15.2. The number of carbonyl (C=O) groups is 2. The zero-order chi connectivity index (χ0) is 20.9. The van der Waals surface area contributed by atoms with Crippen molar-refractivity contribution in [2.75, 3.05) is 31.6 Å². The fourth-order valence-electron chi connectivity index (χ4n) is 2.05. The smallest absolute Gasteiger partial charge is 0.315 e. The van der Waals surface area contributed by atoms with Crippen molar-refractivity contribution in [1.82, 2.24) is 16.2 Å². The van der Waals surface area contributed by atoms with Crippen LogP contribution in [0.15, 0.2) is 35.8 Å². The van der Waals surface area contributed by atoms with Crippen LogP contribution in [0.5, 0.6) is 0 Å². The number of likely N-dealkylation sites (N-methyl/N-ethyl adjacent to an activating group) is 1. The fraction of sp³-hybridized carbons (Fsp3) is 0.353. The van der Waals surface area contributed by atoms with Crippen molar-refractivity contribution in [2.24, 2.45) is 4.99 Å². The van der Waals surface area contributed by atoms with E-state index in [0.29, 0.717) is 12.2 Å². The minimum Gasteiger partial charge on any atom is -0.461 e. The monoisotopic (exact) mass is 401 g/mol. The van der Waals surface area contributed by atoms with E-state index in [-0.39, 0.29) is 25.2 Å². The van der Waals surface area contributed by atoms with Gasteiger partial charge >= 0.3 is 6.43 Å². The SMILES string of the molecule is C=CCNNC=Nc1ccc(N(C)C[C@H](CNC(=O)C(F)F)OC=O)cc1F. The van der Waals surface area contributed by atoms with Gasteiger partial charge in [-0.15, -0.1) is 6.58 Å². The quantitative estimate of drug-likeness (QED) is 0.115. The van der Waals surface area contributed by atoms with Crippen LogP contribution in [0.25, 0.3) is 0 Å². The summed E-state index contributed by atoms with van der Waals surface area (Å²) in [6.07, 6.45) is -1.15. The summed E-state index contributed by atoms with van der Waals surface area (Å²) in [6.45, 7) is 3.91. The third kappa shape index (κ3) is 8.08. The molecule has 0 aliphatic heterocycles. The predicted molar refractivity (Wildman–Crippen MR) is 99.1 cm³/mol. The molecule has 0 aliphatic rings. The third-order valence-electron chi connectivity index (χ3n) is 3.42. The molecule has 1 atom stereocenters. The van der Waals surface area contributed by atoms with Gasteiger partial charge in [-0.05, 0) is 18.2 Å². The Morgan fingerprint density at radius 2 is 2.18 bits per heavy atom. The molecule has 0 aliphatic carbocycles. The summed E-state index contributed by atoms with van der Waals surface area (Å²) in [5, 5.41) is 1.97. The first-order valence-electron chi connectivity index (χ1n) is 8.16. The Labute approximate surface area is 160 Å². The summed E-state index contributed by atoms with van der Waals surface area (Å²) in [6, 6.07) is 4.25. The highest BCUT2D eigenvalue weighted by atomic mass is 19.3. The molecule has 0 heterocycles. The number of alkyl halides is 2. The third-order valence-corrected chi connectivity index (χ3v) is 3.42. The average Bonchev–Trinajstić information content (AvgIpc) is 2.66. The number of anilines is 1. The van der Waals surface area contributed by atoms with Gasteiger partial charge in [0.1, 0.15) is 18.1 Å². The molecule has 1 amide bonds. The predicted octanol–water partition coefficient (Wildman–Crippen LogP) is 1.12. The number of hydrazine groups is 1. The number of benzene rings is 1. The minimum absolute atomic E-state index is 0.0390.